The molecular weight excluding hydrogens is 272 g/mol. The molecule has 0 saturated heterocycles. The molecule has 0 aliphatic heterocycles. The number of nitro benzene ring substituents is 1. The second-order valence-corrected chi connectivity index (χ2v) is 4.67. The molecule has 0 radical (unpaired) electrons. The molecule has 2 aromatic rings. The second-order valence-electron chi connectivity index (χ2n) is 4.67. The molecule has 104 valence electrons. The number of nitrogens with zero attached hydrogens (tertiary/aromatic N) is 3. The van der Waals surface area contributed by atoms with Crippen LogP contribution in [-0.4, -0.2) is 21.2 Å². The molecule has 2 atom stereocenters. The highest BCUT2D eigenvalue weighted by Crippen LogP contribution is 2.43. The Morgan fingerprint density at radius 1 is 1.50 bits per heavy atom. The molecule has 1 aromatic carbocycles. The molecule has 1 heterocycles. The van der Waals surface area contributed by atoms with E-state index in [1.54, 1.807) is 0 Å². The van der Waals surface area contributed by atoms with Gasteiger partial charge in [-0.05, 0) is 19.4 Å². The minimum absolute atomic E-state index is 0.0149. The maximum Gasteiger partial charge on any atom is 0.275 e. The summed E-state index contributed by atoms with van der Waals surface area (Å²) >= 11 is 0. The van der Waals surface area contributed by atoms with Crippen LogP contribution >= 0.6 is 0 Å². The first kappa shape index (κ1) is 12.6. The molecule has 0 unspecified atom stereocenters. The lowest BCUT2D eigenvalue weighted by atomic mass is 10.1. The Balaban J connectivity index is 2.01. The van der Waals surface area contributed by atoms with E-state index in [4.69, 9.17) is 4.52 Å². The molecule has 1 aromatic heterocycles. The van der Waals surface area contributed by atoms with Gasteiger partial charge in [0.2, 0.25) is 11.7 Å². The van der Waals surface area contributed by atoms with Gasteiger partial charge in [-0.25, -0.2) is 8.78 Å². The zero-order valence-corrected chi connectivity index (χ0v) is 10.3. The van der Waals surface area contributed by atoms with E-state index in [-0.39, 0.29) is 28.5 Å². The van der Waals surface area contributed by atoms with Gasteiger partial charge in [-0.2, -0.15) is 4.98 Å². The summed E-state index contributed by atoms with van der Waals surface area (Å²) in [6, 6.07) is 2.27. The van der Waals surface area contributed by atoms with Gasteiger partial charge in [0.25, 0.3) is 5.69 Å². The highest BCUT2D eigenvalue weighted by molar-refractivity contribution is 5.61. The Morgan fingerprint density at radius 3 is 2.80 bits per heavy atom. The van der Waals surface area contributed by atoms with Crippen molar-refractivity contribution in [1.82, 2.24) is 10.1 Å². The Kier molecular flexibility index (Phi) is 2.73. The van der Waals surface area contributed by atoms with Gasteiger partial charge < -0.3 is 4.52 Å². The highest BCUT2D eigenvalue weighted by Gasteiger charge is 2.43. The summed E-state index contributed by atoms with van der Waals surface area (Å²) in [4.78, 5) is 14.1. The minimum atomic E-state index is -0.993. The van der Waals surface area contributed by atoms with Crippen LogP contribution in [0.1, 0.15) is 23.8 Å². The number of benzene rings is 1. The molecule has 0 spiro atoms. The molecule has 1 fully saturated rings. The summed E-state index contributed by atoms with van der Waals surface area (Å²) in [6.07, 6.45) is -0.670. The van der Waals surface area contributed by atoms with Crippen LogP contribution < -0.4 is 0 Å². The van der Waals surface area contributed by atoms with Crippen molar-refractivity contribution in [3.05, 3.63) is 39.5 Å². The van der Waals surface area contributed by atoms with E-state index in [0.29, 0.717) is 6.42 Å². The largest absolute Gasteiger partial charge is 0.339 e. The third-order valence-electron chi connectivity index (χ3n) is 3.24. The summed E-state index contributed by atoms with van der Waals surface area (Å²) in [5.74, 6) is -0.992. The molecule has 8 heteroatoms. The fourth-order valence-corrected chi connectivity index (χ4v) is 1.91. The Bertz CT molecular complexity index is 701. The summed E-state index contributed by atoms with van der Waals surface area (Å²) < 4.78 is 31.4. The third kappa shape index (κ3) is 2.02. The molecule has 0 N–H and O–H groups in total. The lowest BCUT2D eigenvalue weighted by Gasteiger charge is -2.01. The zero-order valence-electron chi connectivity index (χ0n) is 10.3. The number of alkyl halides is 1. The van der Waals surface area contributed by atoms with Gasteiger partial charge in [0.15, 0.2) is 0 Å². The van der Waals surface area contributed by atoms with Crippen LogP contribution in [-0.2, 0) is 0 Å². The number of hydrogen-bond donors (Lipinski definition) is 0. The van der Waals surface area contributed by atoms with Crippen LogP contribution in [0.25, 0.3) is 11.4 Å². The molecule has 1 aliphatic carbocycles. The average Bonchev–Trinajstić information content (AvgIpc) is 2.93. The molecular formula is C12H9F2N3O3. The first-order chi connectivity index (χ1) is 9.47. The SMILES string of the molecule is Cc1c(F)cc(-c2noc([C@@H]3C[C@H]3F)n2)cc1[N+](=O)[O-]. The molecule has 3 rings (SSSR count). The molecule has 1 saturated carbocycles. The van der Waals surface area contributed by atoms with Gasteiger partial charge in [-0.3, -0.25) is 10.1 Å². The highest BCUT2D eigenvalue weighted by atomic mass is 19.1. The third-order valence-corrected chi connectivity index (χ3v) is 3.24. The maximum absolute atomic E-state index is 13.7. The summed E-state index contributed by atoms with van der Waals surface area (Å²) in [7, 11) is 0. The van der Waals surface area contributed by atoms with E-state index in [1.807, 2.05) is 0 Å². The number of rotatable bonds is 3. The Labute approximate surface area is 111 Å². The van der Waals surface area contributed by atoms with Gasteiger partial charge >= 0.3 is 0 Å². The van der Waals surface area contributed by atoms with E-state index in [2.05, 4.69) is 10.1 Å². The van der Waals surface area contributed by atoms with Crippen LogP contribution in [0.4, 0.5) is 14.5 Å². The van der Waals surface area contributed by atoms with E-state index in [0.717, 1.165) is 6.07 Å². The van der Waals surface area contributed by atoms with E-state index in [1.165, 1.54) is 13.0 Å². The zero-order chi connectivity index (χ0) is 14.4. The number of nitro groups is 1. The minimum Gasteiger partial charge on any atom is -0.339 e. The van der Waals surface area contributed by atoms with Gasteiger partial charge in [0.05, 0.1) is 16.4 Å². The van der Waals surface area contributed by atoms with Crippen molar-refractivity contribution < 1.29 is 18.2 Å². The smallest absolute Gasteiger partial charge is 0.275 e. The Morgan fingerprint density at radius 2 is 2.20 bits per heavy atom. The Hall–Kier alpha value is -2.38. The van der Waals surface area contributed by atoms with Crippen LogP contribution in [0.5, 0.6) is 0 Å². The van der Waals surface area contributed by atoms with Gasteiger partial charge in [-0.15, -0.1) is 0 Å². The first-order valence-electron chi connectivity index (χ1n) is 5.90. The first-order valence-corrected chi connectivity index (χ1v) is 5.90. The summed E-state index contributed by atoms with van der Waals surface area (Å²) in [5.41, 5.74) is -0.291. The van der Waals surface area contributed by atoms with Crippen molar-refractivity contribution in [2.24, 2.45) is 0 Å². The topological polar surface area (TPSA) is 82.1 Å². The van der Waals surface area contributed by atoms with Crippen molar-refractivity contribution in [2.75, 3.05) is 0 Å². The molecule has 0 amide bonds. The fraction of sp³-hybridized carbons (Fsp3) is 0.333. The number of halogens is 2. The summed E-state index contributed by atoms with van der Waals surface area (Å²) in [5, 5.41) is 14.5. The van der Waals surface area contributed by atoms with Crippen LogP contribution in [0.15, 0.2) is 16.7 Å². The van der Waals surface area contributed by atoms with Crippen LogP contribution in [0, 0.1) is 22.9 Å². The molecule has 6 nitrogen and oxygen atoms in total. The lowest BCUT2D eigenvalue weighted by molar-refractivity contribution is -0.385. The van der Waals surface area contributed by atoms with Crippen molar-refractivity contribution in [3.63, 3.8) is 0 Å². The van der Waals surface area contributed by atoms with E-state index < -0.39 is 22.8 Å². The standard InChI is InChI=1S/C12H9F2N3O3/c1-5-8(13)2-6(3-10(5)17(18)19)11-15-12(20-16-11)7-4-9(7)14/h2-3,7,9H,4H2,1H3/t7-,9-/m1/s1. The number of aromatic nitrogens is 2. The fourth-order valence-electron chi connectivity index (χ4n) is 1.91. The second kappa shape index (κ2) is 4.32. The molecule has 1 aliphatic rings. The molecule has 20 heavy (non-hydrogen) atoms. The van der Waals surface area contributed by atoms with Crippen molar-refractivity contribution in [2.45, 2.75) is 25.4 Å². The summed E-state index contributed by atoms with van der Waals surface area (Å²) in [6.45, 7) is 1.32. The van der Waals surface area contributed by atoms with E-state index in [9.17, 15) is 18.9 Å². The quantitative estimate of drug-likeness (QED) is 0.638. The van der Waals surface area contributed by atoms with Crippen molar-refractivity contribution >= 4 is 5.69 Å². The number of hydrogen-bond acceptors (Lipinski definition) is 5. The predicted molar refractivity (Wildman–Crippen MR) is 63.3 cm³/mol. The van der Waals surface area contributed by atoms with Crippen LogP contribution in [0.2, 0.25) is 0 Å². The predicted octanol–water partition coefficient (Wildman–Crippen LogP) is 2.92. The molecule has 0 bridgehead atoms. The maximum atomic E-state index is 13.7. The monoisotopic (exact) mass is 281 g/mol. The normalized spacial score (nSPS) is 20.9. The van der Waals surface area contributed by atoms with Crippen molar-refractivity contribution in [3.8, 4) is 11.4 Å². The van der Waals surface area contributed by atoms with Crippen LogP contribution in [0.3, 0.4) is 0 Å². The van der Waals surface area contributed by atoms with Crippen molar-refractivity contribution in [1.29, 1.82) is 0 Å². The van der Waals surface area contributed by atoms with Gasteiger partial charge in [0.1, 0.15) is 12.0 Å². The lowest BCUT2D eigenvalue weighted by Crippen LogP contribution is -1.96. The average molecular weight is 281 g/mol. The van der Waals surface area contributed by atoms with E-state index >= 15 is 0 Å². The van der Waals surface area contributed by atoms with Gasteiger partial charge in [-0.1, -0.05) is 5.16 Å². The van der Waals surface area contributed by atoms with Gasteiger partial charge in [0, 0.05) is 11.6 Å².